The van der Waals surface area contributed by atoms with Crippen LogP contribution in [0.15, 0.2) is 12.4 Å². The maximum Gasteiger partial charge on any atom is 0.305 e. The van der Waals surface area contributed by atoms with E-state index in [0.717, 1.165) is 18.8 Å². The van der Waals surface area contributed by atoms with Gasteiger partial charge < -0.3 is 14.6 Å². The van der Waals surface area contributed by atoms with E-state index in [-0.39, 0.29) is 12.0 Å². The first-order valence-electron chi connectivity index (χ1n) is 6.01. The number of nitrogens with zero attached hydrogens (tertiary/aromatic N) is 2. The first-order valence-corrected chi connectivity index (χ1v) is 6.01. The van der Waals surface area contributed by atoms with E-state index >= 15 is 0 Å². The van der Waals surface area contributed by atoms with Gasteiger partial charge in [0.25, 0.3) is 0 Å². The Balaban J connectivity index is 2.19. The number of nitrogens with one attached hydrogen (secondary N) is 1. The highest BCUT2D eigenvalue weighted by Crippen LogP contribution is 2.08. The number of imidazole rings is 1. The minimum Gasteiger partial charge on any atom is -0.466 e. The minimum atomic E-state index is -0.126. The second-order valence-corrected chi connectivity index (χ2v) is 3.98. The maximum atomic E-state index is 11.1. The van der Waals surface area contributed by atoms with E-state index in [2.05, 4.69) is 17.2 Å². The molecule has 0 spiro atoms. The topological polar surface area (TPSA) is 56.1 Å². The third kappa shape index (κ3) is 4.56. The molecule has 1 aromatic rings. The fraction of sp³-hybridized carbons (Fsp3) is 0.667. The summed E-state index contributed by atoms with van der Waals surface area (Å²) in [5.41, 5.74) is 0. The number of esters is 1. The molecule has 0 aromatic carbocycles. The zero-order valence-corrected chi connectivity index (χ0v) is 10.8. The van der Waals surface area contributed by atoms with Crippen LogP contribution in [0.3, 0.4) is 0 Å². The van der Waals surface area contributed by atoms with Crippen LogP contribution in [-0.4, -0.2) is 28.7 Å². The zero-order chi connectivity index (χ0) is 12.7. The van der Waals surface area contributed by atoms with Gasteiger partial charge in [-0.3, -0.25) is 4.79 Å². The maximum absolute atomic E-state index is 11.1. The van der Waals surface area contributed by atoms with E-state index in [1.54, 1.807) is 6.20 Å². The first-order chi connectivity index (χ1) is 8.15. The van der Waals surface area contributed by atoms with Crippen LogP contribution in [0.2, 0.25) is 0 Å². The molecule has 1 atom stereocenters. The van der Waals surface area contributed by atoms with Crippen LogP contribution < -0.4 is 5.32 Å². The predicted octanol–water partition coefficient (Wildman–Crippen LogP) is 1.41. The summed E-state index contributed by atoms with van der Waals surface area (Å²) in [6.07, 6.45) is 4.96. The Morgan fingerprint density at radius 1 is 1.65 bits per heavy atom. The third-order valence-corrected chi connectivity index (χ3v) is 2.56. The van der Waals surface area contributed by atoms with Crippen molar-refractivity contribution in [2.75, 3.05) is 13.2 Å². The van der Waals surface area contributed by atoms with Gasteiger partial charge in [0.2, 0.25) is 0 Å². The van der Waals surface area contributed by atoms with Gasteiger partial charge in [-0.05, 0) is 26.8 Å². The van der Waals surface area contributed by atoms with Crippen LogP contribution in [0.1, 0.15) is 38.6 Å². The van der Waals surface area contributed by atoms with E-state index in [1.807, 2.05) is 24.7 Å². The summed E-state index contributed by atoms with van der Waals surface area (Å²) in [5.74, 6) is 0.875. The van der Waals surface area contributed by atoms with Gasteiger partial charge in [0, 0.05) is 25.9 Å². The highest BCUT2D eigenvalue weighted by molar-refractivity contribution is 5.69. The number of aryl methyl sites for hydroxylation is 1. The van der Waals surface area contributed by atoms with Crippen LogP contribution in [0, 0.1) is 0 Å². The molecule has 1 N–H and O–H groups in total. The van der Waals surface area contributed by atoms with E-state index in [1.165, 1.54) is 0 Å². The lowest BCUT2D eigenvalue weighted by molar-refractivity contribution is -0.143. The summed E-state index contributed by atoms with van der Waals surface area (Å²) in [4.78, 5) is 15.4. The molecule has 0 bridgehead atoms. The summed E-state index contributed by atoms with van der Waals surface area (Å²) in [6.45, 7) is 5.12. The van der Waals surface area contributed by atoms with Crippen LogP contribution in [-0.2, 0) is 16.6 Å². The van der Waals surface area contributed by atoms with Crippen molar-refractivity contribution < 1.29 is 9.53 Å². The molecule has 0 aliphatic carbocycles. The van der Waals surface area contributed by atoms with E-state index < -0.39 is 0 Å². The number of rotatable bonds is 7. The standard InChI is InChI=1S/C12H21N3O2/c1-4-17-11(16)6-5-7-13-10(2)12-14-8-9-15(12)3/h8-10,13H,4-7H2,1-3H3. The van der Waals surface area contributed by atoms with Gasteiger partial charge in [0.05, 0.1) is 12.6 Å². The van der Waals surface area contributed by atoms with Gasteiger partial charge in [-0.15, -0.1) is 0 Å². The zero-order valence-electron chi connectivity index (χ0n) is 10.8. The molecular weight excluding hydrogens is 218 g/mol. The second-order valence-electron chi connectivity index (χ2n) is 3.98. The molecule has 1 rings (SSSR count). The molecular formula is C12H21N3O2. The number of aromatic nitrogens is 2. The van der Waals surface area contributed by atoms with Crippen molar-refractivity contribution >= 4 is 5.97 Å². The number of carbonyl (C=O) groups is 1. The van der Waals surface area contributed by atoms with Crippen molar-refractivity contribution in [2.45, 2.75) is 32.7 Å². The van der Waals surface area contributed by atoms with Crippen molar-refractivity contribution in [1.82, 2.24) is 14.9 Å². The number of ether oxygens (including phenoxy) is 1. The van der Waals surface area contributed by atoms with Crippen LogP contribution in [0.5, 0.6) is 0 Å². The lowest BCUT2D eigenvalue weighted by atomic mass is 10.2. The molecule has 0 saturated carbocycles. The van der Waals surface area contributed by atoms with E-state index in [9.17, 15) is 4.79 Å². The molecule has 1 aromatic heterocycles. The summed E-state index contributed by atoms with van der Waals surface area (Å²) in [6, 6.07) is 0.192. The van der Waals surface area contributed by atoms with Gasteiger partial charge in [-0.2, -0.15) is 0 Å². The Morgan fingerprint density at radius 3 is 3.00 bits per heavy atom. The highest BCUT2D eigenvalue weighted by Gasteiger charge is 2.09. The van der Waals surface area contributed by atoms with Crippen molar-refractivity contribution in [3.8, 4) is 0 Å². The number of carbonyl (C=O) groups excluding carboxylic acids is 1. The van der Waals surface area contributed by atoms with E-state index in [4.69, 9.17) is 4.74 Å². The Kier molecular flexibility index (Phi) is 5.69. The van der Waals surface area contributed by atoms with Crippen molar-refractivity contribution in [1.29, 1.82) is 0 Å². The first kappa shape index (κ1) is 13.7. The molecule has 1 unspecified atom stereocenters. The van der Waals surface area contributed by atoms with Gasteiger partial charge in [-0.25, -0.2) is 4.98 Å². The summed E-state index contributed by atoms with van der Waals surface area (Å²) in [5, 5.41) is 3.33. The number of hydrogen-bond donors (Lipinski definition) is 1. The largest absolute Gasteiger partial charge is 0.466 e. The second kappa shape index (κ2) is 7.06. The van der Waals surface area contributed by atoms with Gasteiger partial charge in [-0.1, -0.05) is 0 Å². The quantitative estimate of drug-likeness (QED) is 0.577. The Morgan fingerprint density at radius 2 is 2.41 bits per heavy atom. The normalized spacial score (nSPS) is 12.4. The monoisotopic (exact) mass is 239 g/mol. The van der Waals surface area contributed by atoms with Crippen molar-refractivity contribution in [3.05, 3.63) is 18.2 Å². The van der Waals surface area contributed by atoms with Crippen LogP contribution in [0.25, 0.3) is 0 Å². The Bertz CT molecular complexity index is 349. The predicted molar refractivity (Wildman–Crippen MR) is 65.5 cm³/mol. The molecule has 0 fully saturated rings. The average Bonchev–Trinajstić information content (AvgIpc) is 2.71. The van der Waals surface area contributed by atoms with Crippen molar-refractivity contribution in [3.63, 3.8) is 0 Å². The molecule has 0 aliphatic rings. The summed E-state index contributed by atoms with van der Waals surface area (Å²) < 4.78 is 6.85. The molecule has 1 heterocycles. The highest BCUT2D eigenvalue weighted by atomic mass is 16.5. The smallest absolute Gasteiger partial charge is 0.305 e. The summed E-state index contributed by atoms with van der Waals surface area (Å²) in [7, 11) is 1.97. The fourth-order valence-electron chi connectivity index (χ4n) is 1.67. The van der Waals surface area contributed by atoms with Crippen LogP contribution >= 0.6 is 0 Å². The minimum absolute atomic E-state index is 0.126. The molecule has 0 aliphatic heterocycles. The molecule has 0 radical (unpaired) electrons. The molecule has 0 amide bonds. The molecule has 17 heavy (non-hydrogen) atoms. The number of hydrogen-bond acceptors (Lipinski definition) is 4. The van der Waals surface area contributed by atoms with Gasteiger partial charge in [0.15, 0.2) is 0 Å². The van der Waals surface area contributed by atoms with E-state index in [0.29, 0.717) is 13.0 Å². The fourth-order valence-corrected chi connectivity index (χ4v) is 1.67. The van der Waals surface area contributed by atoms with Crippen molar-refractivity contribution in [2.24, 2.45) is 7.05 Å². The molecule has 0 saturated heterocycles. The summed E-state index contributed by atoms with van der Waals surface area (Å²) >= 11 is 0. The molecule has 96 valence electrons. The SMILES string of the molecule is CCOC(=O)CCCNC(C)c1nccn1C. The van der Waals surface area contributed by atoms with Gasteiger partial charge >= 0.3 is 5.97 Å². The molecule has 5 heteroatoms. The van der Waals surface area contributed by atoms with Gasteiger partial charge in [0.1, 0.15) is 5.82 Å². The lowest BCUT2D eigenvalue weighted by Gasteiger charge is -2.13. The Hall–Kier alpha value is -1.36. The molecule has 5 nitrogen and oxygen atoms in total. The third-order valence-electron chi connectivity index (χ3n) is 2.56. The van der Waals surface area contributed by atoms with Crippen LogP contribution in [0.4, 0.5) is 0 Å². The lowest BCUT2D eigenvalue weighted by Crippen LogP contribution is -2.23. The average molecular weight is 239 g/mol. The Labute approximate surface area is 102 Å².